The molecule has 0 N–H and O–H groups in total. The fourth-order valence-corrected chi connectivity index (χ4v) is 6.16. The summed E-state index contributed by atoms with van der Waals surface area (Å²) >= 11 is 8.31. The van der Waals surface area contributed by atoms with Crippen LogP contribution in [0.2, 0.25) is 5.02 Å². The van der Waals surface area contributed by atoms with E-state index in [0.29, 0.717) is 21.2 Å². The molecule has 0 unspecified atom stereocenters. The number of benzene rings is 2. The molecular weight excluding hydrogens is 555 g/mol. The Morgan fingerprint density at radius 2 is 1.90 bits per heavy atom. The Balaban J connectivity index is 1.81. The first kappa shape index (κ1) is 27.1. The molecule has 2 aliphatic heterocycles. The first-order valence-electron chi connectivity index (χ1n) is 12.1. The number of carbonyl (C=O) groups excluding carboxylic acids is 2. The van der Waals surface area contributed by atoms with Crippen LogP contribution in [0.5, 0.6) is 5.75 Å². The van der Waals surface area contributed by atoms with Crippen LogP contribution in [0.3, 0.4) is 0 Å². The van der Waals surface area contributed by atoms with Crippen molar-refractivity contribution >= 4 is 35.2 Å². The van der Waals surface area contributed by atoms with Crippen LogP contribution >= 0.6 is 23.4 Å². The highest BCUT2D eigenvalue weighted by atomic mass is 35.5. The second kappa shape index (κ2) is 10.3. The van der Waals surface area contributed by atoms with E-state index in [1.807, 2.05) is 30.3 Å². The van der Waals surface area contributed by atoms with Gasteiger partial charge in [-0.2, -0.15) is 13.2 Å². The van der Waals surface area contributed by atoms with Crippen LogP contribution in [0.15, 0.2) is 64.4 Å². The van der Waals surface area contributed by atoms with Crippen molar-refractivity contribution in [3.05, 3.63) is 92.4 Å². The number of fused-ring (bicyclic) bond motifs is 3. The zero-order chi connectivity index (χ0) is 28.1. The summed E-state index contributed by atoms with van der Waals surface area (Å²) in [5, 5.41) is 1.96. The molecule has 2 aromatic carbocycles. The lowest BCUT2D eigenvalue weighted by Crippen LogP contribution is -2.60. The van der Waals surface area contributed by atoms with Crippen LogP contribution in [0.4, 0.5) is 13.2 Å². The van der Waals surface area contributed by atoms with Crippen LogP contribution < -0.4 is 15.2 Å². The molecule has 1 amide bonds. The highest BCUT2D eigenvalue weighted by Gasteiger charge is 2.48. The van der Waals surface area contributed by atoms with Crippen molar-refractivity contribution in [2.45, 2.75) is 49.2 Å². The minimum absolute atomic E-state index is 0.107. The van der Waals surface area contributed by atoms with E-state index in [1.54, 1.807) is 28.9 Å². The van der Waals surface area contributed by atoms with E-state index < -0.39 is 53.7 Å². The van der Waals surface area contributed by atoms with Gasteiger partial charge in [-0.3, -0.25) is 24.1 Å². The molecule has 0 radical (unpaired) electrons. The van der Waals surface area contributed by atoms with Crippen molar-refractivity contribution in [1.82, 2.24) is 9.58 Å². The summed E-state index contributed by atoms with van der Waals surface area (Å²) in [6, 6.07) is 11.1. The average Bonchev–Trinajstić information content (AvgIpc) is 3.07. The van der Waals surface area contributed by atoms with Gasteiger partial charge in [0.05, 0.1) is 0 Å². The van der Waals surface area contributed by atoms with Crippen LogP contribution in [-0.2, 0) is 10.5 Å². The summed E-state index contributed by atoms with van der Waals surface area (Å²) in [6.45, 7) is 1.90. The van der Waals surface area contributed by atoms with Gasteiger partial charge in [0.1, 0.15) is 18.8 Å². The number of thioether (sulfide) groups is 1. The normalized spacial score (nSPS) is 17.6. The van der Waals surface area contributed by atoms with Gasteiger partial charge in [0.25, 0.3) is 5.91 Å². The minimum atomic E-state index is -4.76. The van der Waals surface area contributed by atoms with Gasteiger partial charge in [0.15, 0.2) is 5.69 Å². The molecule has 204 valence electrons. The lowest BCUT2D eigenvalue weighted by molar-refractivity contribution is -0.173. The maximum Gasteiger partial charge on any atom is 0.408 e. The molecule has 2 atom stereocenters. The number of aromatic nitrogens is 1. The summed E-state index contributed by atoms with van der Waals surface area (Å²) in [5.41, 5.74) is 1.05. The van der Waals surface area contributed by atoms with Gasteiger partial charge in [0.2, 0.25) is 11.2 Å². The molecule has 0 spiro atoms. The lowest BCUT2D eigenvalue weighted by atomic mass is 9.94. The molecule has 3 heterocycles. The average molecular weight is 578 g/mol. The van der Waals surface area contributed by atoms with Gasteiger partial charge < -0.3 is 9.64 Å². The molecule has 0 saturated heterocycles. The molecule has 2 aliphatic rings. The molecule has 39 heavy (non-hydrogen) atoms. The molecule has 0 aliphatic carbocycles. The molecular formula is C27H23ClF3N3O4S. The number of alkyl halides is 3. The summed E-state index contributed by atoms with van der Waals surface area (Å²) in [5.74, 6) is -1.93. The zero-order valence-electron chi connectivity index (χ0n) is 20.9. The largest absolute Gasteiger partial charge is 0.420 e. The quantitative estimate of drug-likeness (QED) is 0.381. The highest BCUT2D eigenvalue weighted by molar-refractivity contribution is 7.98. The van der Waals surface area contributed by atoms with Crippen molar-refractivity contribution in [2.24, 2.45) is 0 Å². The third-order valence-corrected chi connectivity index (χ3v) is 8.30. The summed E-state index contributed by atoms with van der Waals surface area (Å²) < 4.78 is 48.6. The number of ether oxygens (including phenoxy) is 1. The molecule has 12 heteroatoms. The predicted molar refractivity (Wildman–Crippen MR) is 141 cm³/mol. The number of carbonyl (C=O) groups is 2. The van der Waals surface area contributed by atoms with Gasteiger partial charge in [0, 0.05) is 39.9 Å². The van der Waals surface area contributed by atoms with Gasteiger partial charge >= 0.3 is 12.1 Å². The Labute approximate surface area is 231 Å². The van der Waals surface area contributed by atoms with Crippen molar-refractivity contribution in [1.29, 1.82) is 0 Å². The lowest BCUT2D eigenvalue weighted by Gasteiger charge is -2.46. The van der Waals surface area contributed by atoms with E-state index in [-0.39, 0.29) is 6.42 Å². The Bertz CT molecular complexity index is 1530. The number of halogens is 4. The zero-order valence-corrected chi connectivity index (χ0v) is 22.4. The number of rotatable bonds is 4. The number of amides is 1. The molecule has 3 aromatic rings. The van der Waals surface area contributed by atoms with Gasteiger partial charge in [-0.25, -0.2) is 0 Å². The van der Waals surface area contributed by atoms with Crippen LogP contribution in [0.1, 0.15) is 53.5 Å². The van der Waals surface area contributed by atoms with Crippen LogP contribution in [-0.4, -0.2) is 40.3 Å². The Kier molecular flexibility index (Phi) is 7.15. The number of esters is 1. The van der Waals surface area contributed by atoms with Crippen LogP contribution in [0, 0.1) is 0 Å². The summed E-state index contributed by atoms with van der Waals surface area (Å²) in [4.78, 5) is 40.2. The topological polar surface area (TPSA) is 71.8 Å². The van der Waals surface area contributed by atoms with Gasteiger partial charge in [-0.15, -0.1) is 11.8 Å². The smallest absolute Gasteiger partial charge is 0.408 e. The highest BCUT2D eigenvalue weighted by Crippen LogP contribution is 2.45. The molecule has 1 aromatic heterocycles. The van der Waals surface area contributed by atoms with Gasteiger partial charge in [-0.05, 0) is 30.2 Å². The van der Waals surface area contributed by atoms with Crippen molar-refractivity contribution in [3.63, 3.8) is 0 Å². The molecule has 7 nitrogen and oxygen atoms in total. The molecule has 0 saturated carbocycles. The first-order chi connectivity index (χ1) is 18.5. The number of pyridine rings is 1. The fourth-order valence-electron chi connectivity index (χ4n) is 4.78. The first-order valence-corrected chi connectivity index (χ1v) is 13.5. The Morgan fingerprint density at radius 1 is 1.15 bits per heavy atom. The van der Waals surface area contributed by atoms with Crippen molar-refractivity contribution < 1.29 is 27.5 Å². The second-order valence-electron chi connectivity index (χ2n) is 9.14. The Hall–Kier alpha value is -3.44. The maximum atomic E-state index is 14.0. The molecule has 0 bridgehead atoms. The van der Waals surface area contributed by atoms with E-state index in [1.165, 1.54) is 17.8 Å². The maximum absolute atomic E-state index is 14.0. The third kappa shape index (κ3) is 4.78. The van der Waals surface area contributed by atoms with E-state index in [9.17, 15) is 27.6 Å². The van der Waals surface area contributed by atoms with Crippen molar-refractivity contribution in [3.8, 4) is 5.75 Å². The Morgan fingerprint density at radius 3 is 2.62 bits per heavy atom. The minimum Gasteiger partial charge on any atom is -0.420 e. The summed E-state index contributed by atoms with van der Waals surface area (Å²) in [6.07, 6.45) is -3.55. The fraction of sp³-hybridized carbons (Fsp3) is 0.296. The van der Waals surface area contributed by atoms with E-state index in [0.717, 1.165) is 29.0 Å². The standard InChI is InChI=1S/C27H23ClF3N3O4S/c1-3-21(36)38-25-19(35)11-12-33-24(25)26(37)32(15(2)27(29,30)31)14-34(33)23-17-8-4-5-10-20(17)39-13-16-7-6-9-18(28)22(16)23/h4-12,15,23H,3,13-14H2,1-2H3/t15-,23-/m1/s1. The monoisotopic (exact) mass is 577 g/mol. The molecule has 5 rings (SSSR count). The SMILES string of the molecule is CCC(=O)Oc1c2n(ccc1=O)N([C@@H]1c3ccccc3SCc3cccc(Cl)c31)CN([C@H](C)C(F)(F)F)C2=O. The van der Waals surface area contributed by atoms with E-state index in [4.69, 9.17) is 16.3 Å². The summed E-state index contributed by atoms with van der Waals surface area (Å²) in [7, 11) is 0. The predicted octanol–water partition coefficient (Wildman–Crippen LogP) is 5.51. The van der Waals surface area contributed by atoms with E-state index in [2.05, 4.69) is 0 Å². The second-order valence-corrected chi connectivity index (χ2v) is 10.6. The number of hydrogen-bond donors (Lipinski definition) is 0. The van der Waals surface area contributed by atoms with E-state index >= 15 is 0 Å². The number of hydrogen-bond acceptors (Lipinski definition) is 6. The third-order valence-electron chi connectivity index (χ3n) is 6.83. The number of nitrogens with zero attached hydrogens (tertiary/aromatic N) is 3. The van der Waals surface area contributed by atoms with Crippen LogP contribution in [0.25, 0.3) is 0 Å². The van der Waals surface area contributed by atoms with Gasteiger partial charge in [-0.1, -0.05) is 48.9 Å². The van der Waals surface area contributed by atoms with Crippen molar-refractivity contribution in [2.75, 3.05) is 11.7 Å². The molecule has 0 fully saturated rings.